The Bertz CT molecular complexity index is 1210. The number of anilines is 1. The summed E-state index contributed by atoms with van der Waals surface area (Å²) in [4.78, 5) is 24.2. The molecule has 0 fully saturated rings. The molecule has 3 heterocycles. The van der Waals surface area contributed by atoms with E-state index in [1.165, 1.54) is 4.57 Å². The number of halogens is 2. The van der Waals surface area contributed by atoms with E-state index in [0.717, 1.165) is 19.4 Å². The molecule has 11 heteroatoms. The van der Waals surface area contributed by atoms with Crippen molar-refractivity contribution in [1.82, 2.24) is 24.0 Å². The van der Waals surface area contributed by atoms with Gasteiger partial charge < -0.3 is 5.73 Å². The largest absolute Gasteiger partial charge is 0.368 e. The van der Waals surface area contributed by atoms with E-state index in [0.29, 0.717) is 42.0 Å². The molecule has 0 unspecified atom stereocenters. The van der Waals surface area contributed by atoms with Crippen molar-refractivity contribution in [1.29, 1.82) is 0 Å². The standard InChI is InChI=1S/C21H30ClIN7O2/c1-11(2)27(12(3)4)7-8-28-17-18(22)25-20(24)26-19(17)29(21(28)31)10-15-14(6)16(23)13(5)9-30(15)32/h9,11-12,32H,7-8,10H2,1-6H3,(H2,24,25,26)/q+1. The lowest BCUT2D eigenvalue weighted by Crippen LogP contribution is -2.41. The third-order valence-corrected chi connectivity index (χ3v) is 7.67. The highest BCUT2D eigenvalue weighted by Gasteiger charge is 2.26. The zero-order valence-corrected chi connectivity index (χ0v) is 22.1. The number of nitrogen functional groups attached to an aromatic ring is 1. The summed E-state index contributed by atoms with van der Waals surface area (Å²) in [6.45, 7) is 13.6. The lowest BCUT2D eigenvalue weighted by Gasteiger charge is -2.30. The fourth-order valence-electron chi connectivity index (χ4n) is 4.12. The molecule has 3 aromatic rings. The van der Waals surface area contributed by atoms with Gasteiger partial charge in [-0.1, -0.05) is 11.6 Å². The van der Waals surface area contributed by atoms with Gasteiger partial charge in [-0.3, -0.25) is 19.2 Å². The summed E-state index contributed by atoms with van der Waals surface area (Å²) in [5, 5.41) is 10.7. The fraction of sp³-hybridized carbons (Fsp3) is 0.524. The van der Waals surface area contributed by atoms with E-state index < -0.39 is 0 Å². The van der Waals surface area contributed by atoms with Crippen molar-refractivity contribution in [2.75, 3.05) is 12.3 Å². The Kier molecular flexibility index (Phi) is 7.35. The SMILES string of the molecule is Cc1c[n+](O)c(Cn2c(=O)n(CCN(C(C)C)C(C)C)c3c(Cl)nc(N)nc32)c(C)c1I. The molecule has 3 rings (SSSR count). The first kappa shape index (κ1) is 24.7. The lowest BCUT2D eigenvalue weighted by molar-refractivity contribution is -0.910. The number of hydrogen-bond donors (Lipinski definition) is 2. The van der Waals surface area contributed by atoms with Crippen molar-refractivity contribution >= 4 is 51.3 Å². The van der Waals surface area contributed by atoms with Gasteiger partial charge in [0.15, 0.2) is 10.8 Å². The van der Waals surface area contributed by atoms with Crippen molar-refractivity contribution < 1.29 is 9.94 Å². The molecule has 0 atom stereocenters. The molecule has 32 heavy (non-hydrogen) atoms. The van der Waals surface area contributed by atoms with Crippen LogP contribution in [0.25, 0.3) is 11.2 Å². The van der Waals surface area contributed by atoms with Crippen LogP contribution in [0, 0.1) is 17.4 Å². The van der Waals surface area contributed by atoms with Crippen molar-refractivity contribution in [2.24, 2.45) is 0 Å². The fourth-order valence-corrected chi connectivity index (χ4v) is 4.84. The topological polar surface area (TPSA) is 106 Å². The normalized spacial score (nSPS) is 12.1. The van der Waals surface area contributed by atoms with Gasteiger partial charge in [0.1, 0.15) is 12.1 Å². The molecular weight excluding hydrogens is 545 g/mol. The predicted molar refractivity (Wildman–Crippen MR) is 133 cm³/mol. The van der Waals surface area contributed by atoms with Crippen molar-refractivity contribution in [3.05, 3.63) is 42.2 Å². The van der Waals surface area contributed by atoms with Crippen LogP contribution < -0.4 is 16.2 Å². The summed E-state index contributed by atoms with van der Waals surface area (Å²) in [6.07, 6.45) is 1.63. The van der Waals surface area contributed by atoms with Crippen molar-refractivity contribution in [2.45, 2.75) is 66.7 Å². The van der Waals surface area contributed by atoms with Gasteiger partial charge >= 0.3 is 5.69 Å². The number of nitrogens with zero attached hydrogens (tertiary/aromatic N) is 6. The second-order valence-corrected chi connectivity index (χ2v) is 9.97. The predicted octanol–water partition coefficient (Wildman–Crippen LogP) is 2.74. The van der Waals surface area contributed by atoms with E-state index in [-0.39, 0.29) is 23.3 Å². The molecule has 0 bridgehead atoms. The van der Waals surface area contributed by atoms with Crippen LogP contribution in [0.1, 0.15) is 44.5 Å². The Labute approximate surface area is 205 Å². The first-order valence-corrected chi connectivity index (χ1v) is 12.0. The Morgan fingerprint density at radius 1 is 1.22 bits per heavy atom. The maximum absolute atomic E-state index is 13.5. The number of aromatic nitrogens is 5. The third-order valence-electron chi connectivity index (χ3n) is 5.74. The summed E-state index contributed by atoms with van der Waals surface area (Å²) in [5.41, 5.74) is 8.80. The zero-order valence-electron chi connectivity index (χ0n) is 19.2. The Morgan fingerprint density at radius 2 is 1.84 bits per heavy atom. The second kappa shape index (κ2) is 9.52. The molecule has 0 saturated carbocycles. The molecule has 0 aromatic carbocycles. The minimum absolute atomic E-state index is 0.00790. The van der Waals surface area contributed by atoms with Gasteiger partial charge in [-0.15, -0.1) is 0 Å². The van der Waals surface area contributed by atoms with Gasteiger partial charge in [0.05, 0.1) is 0 Å². The highest BCUT2D eigenvalue weighted by Crippen LogP contribution is 2.23. The third kappa shape index (κ3) is 4.58. The van der Waals surface area contributed by atoms with Gasteiger partial charge in [0, 0.05) is 44.6 Å². The molecule has 0 aliphatic heterocycles. The van der Waals surface area contributed by atoms with Crippen LogP contribution >= 0.6 is 34.2 Å². The smallest absolute Gasteiger partial charge is 0.330 e. The molecule has 3 N–H and O–H groups in total. The average molecular weight is 575 g/mol. The van der Waals surface area contributed by atoms with Gasteiger partial charge in [-0.25, -0.2) is 4.79 Å². The maximum Gasteiger partial charge on any atom is 0.330 e. The second-order valence-electron chi connectivity index (χ2n) is 8.53. The summed E-state index contributed by atoms with van der Waals surface area (Å²) in [6, 6.07) is 0.652. The minimum Gasteiger partial charge on any atom is -0.368 e. The number of nitrogens with two attached hydrogens (primary N) is 1. The number of imidazole rings is 1. The Balaban J connectivity index is 2.16. The first-order chi connectivity index (χ1) is 14.9. The van der Waals surface area contributed by atoms with Crippen LogP contribution in [0.4, 0.5) is 5.95 Å². The Morgan fingerprint density at radius 3 is 2.44 bits per heavy atom. The number of hydrogen-bond acceptors (Lipinski definition) is 6. The number of aryl methyl sites for hydroxylation is 1. The van der Waals surface area contributed by atoms with Gasteiger partial charge in [-0.2, -0.15) is 9.97 Å². The van der Waals surface area contributed by atoms with Gasteiger partial charge in [0.25, 0.3) is 5.69 Å². The van der Waals surface area contributed by atoms with Crippen LogP contribution in [0.5, 0.6) is 0 Å². The van der Waals surface area contributed by atoms with Crippen molar-refractivity contribution in [3.63, 3.8) is 0 Å². The minimum atomic E-state index is -0.274. The summed E-state index contributed by atoms with van der Waals surface area (Å²) in [5.74, 6) is -0.00790. The lowest BCUT2D eigenvalue weighted by atomic mass is 10.1. The molecule has 0 spiro atoms. The highest BCUT2D eigenvalue weighted by atomic mass is 127. The van der Waals surface area contributed by atoms with Gasteiger partial charge in [0.2, 0.25) is 12.1 Å². The van der Waals surface area contributed by atoms with Crippen molar-refractivity contribution in [3.8, 4) is 0 Å². The molecule has 0 amide bonds. The molecular formula is C21H30ClIN7O2+. The Hall–Kier alpha value is -1.92. The summed E-state index contributed by atoms with van der Waals surface area (Å²) >= 11 is 8.67. The maximum atomic E-state index is 13.5. The molecule has 0 saturated heterocycles. The van der Waals surface area contributed by atoms with E-state index in [9.17, 15) is 10.0 Å². The average Bonchev–Trinajstić information content (AvgIpc) is 2.94. The van der Waals surface area contributed by atoms with E-state index in [2.05, 4.69) is 65.2 Å². The first-order valence-electron chi connectivity index (χ1n) is 10.5. The van der Waals surface area contributed by atoms with Crippen LogP contribution in [-0.2, 0) is 13.1 Å². The summed E-state index contributed by atoms with van der Waals surface area (Å²) in [7, 11) is 0. The van der Waals surface area contributed by atoms with Crippen LogP contribution in [0.3, 0.4) is 0 Å². The number of fused-ring (bicyclic) bond motifs is 1. The zero-order chi connectivity index (χ0) is 23.9. The highest BCUT2D eigenvalue weighted by molar-refractivity contribution is 14.1. The number of pyridine rings is 1. The van der Waals surface area contributed by atoms with E-state index in [4.69, 9.17) is 17.3 Å². The van der Waals surface area contributed by atoms with Crippen LogP contribution in [0.2, 0.25) is 5.15 Å². The van der Waals surface area contributed by atoms with E-state index >= 15 is 0 Å². The molecule has 3 aromatic heterocycles. The monoisotopic (exact) mass is 574 g/mol. The molecule has 174 valence electrons. The van der Waals surface area contributed by atoms with E-state index in [1.54, 1.807) is 10.8 Å². The van der Waals surface area contributed by atoms with Crippen LogP contribution in [0.15, 0.2) is 11.0 Å². The molecule has 0 radical (unpaired) electrons. The van der Waals surface area contributed by atoms with E-state index in [1.807, 2.05) is 13.8 Å². The summed E-state index contributed by atoms with van der Waals surface area (Å²) < 4.78 is 5.18. The number of rotatable bonds is 7. The quantitative estimate of drug-likeness (QED) is 0.195. The molecule has 0 aliphatic rings. The molecule has 0 aliphatic carbocycles. The van der Waals surface area contributed by atoms with Crippen LogP contribution in [-0.4, -0.2) is 47.8 Å². The van der Waals surface area contributed by atoms with Gasteiger partial charge in [-0.05, 0) is 64.1 Å². The molecule has 9 nitrogen and oxygen atoms in total.